The Bertz CT molecular complexity index is 606. The molecule has 0 atom stereocenters. The van der Waals surface area contributed by atoms with E-state index in [-0.39, 0.29) is 12.4 Å². The Kier molecular flexibility index (Phi) is 4.38. The van der Waals surface area contributed by atoms with E-state index in [0.29, 0.717) is 29.2 Å². The van der Waals surface area contributed by atoms with Gasteiger partial charge in [0, 0.05) is 17.9 Å². The summed E-state index contributed by atoms with van der Waals surface area (Å²) in [5, 5.41) is 8.86. The maximum Gasteiger partial charge on any atom is 0.162 e. The van der Waals surface area contributed by atoms with E-state index in [1.807, 2.05) is 24.3 Å². The van der Waals surface area contributed by atoms with Crippen LogP contribution in [0.15, 0.2) is 42.5 Å². The van der Waals surface area contributed by atoms with E-state index < -0.39 is 0 Å². The number of hydrogen-bond acceptors (Lipinski definition) is 4. The van der Waals surface area contributed by atoms with Crippen molar-refractivity contribution in [2.75, 3.05) is 12.3 Å². The molecule has 0 saturated heterocycles. The first-order valence-electron chi connectivity index (χ1n) is 6.38. The van der Waals surface area contributed by atoms with E-state index in [1.54, 1.807) is 18.2 Å². The number of nitrogen functional groups attached to an aromatic ring is 1. The molecular weight excluding hydrogens is 254 g/mol. The van der Waals surface area contributed by atoms with Crippen LogP contribution in [0.25, 0.3) is 0 Å². The zero-order valence-corrected chi connectivity index (χ0v) is 11.3. The third-order valence-corrected chi connectivity index (χ3v) is 2.96. The maximum atomic E-state index is 11.4. The Morgan fingerprint density at radius 2 is 1.80 bits per heavy atom. The summed E-state index contributed by atoms with van der Waals surface area (Å²) in [4.78, 5) is 11.4. The van der Waals surface area contributed by atoms with Crippen molar-refractivity contribution in [2.45, 2.75) is 13.3 Å². The number of nitrogens with two attached hydrogens (primary N) is 1. The molecule has 0 bridgehead atoms. The van der Waals surface area contributed by atoms with E-state index in [4.69, 9.17) is 15.6 Å². The lowest BCUT2D eigenvalue weighted by Crippen LogP contribution is -1.99. The van der Waals surface area contributed by atoms with Gasteiger partial charge in [0.25, 0.3) is 0 Å². The van der Waals surface area contributed by atoms with E-state index in [2.05, 4.69) is 0 Å². The van der Waals surface area contributed by atoms with Crippen LogP contribution < -0.4 is 10.5 Å². The van der Waals surface area contributed by atoms with Crippen molar-refractivity contribution in [1.82, 2.24) is 0 Å². The summed E-state index contributed by atoms with van der Waals surface area (Å²) in [6.07, 6.45) is 0.622. The number of carbonyl (C=O) groups is 1. The highest BCUT2D eigenvalue weighted by Gasteiger charge is 2.07. The summed E-state index contributed by atoms with van der Waals surface area (Å²) in [6, 6.07) is 12.5. The minimum Gasteiger partial charge on any atom is -0.457 e. The van der Waals surface area contributed by atoms with Crippen molar-refractivity contribution in [3.63, 3.8) is 0 Å². The van der Waals surface area contributed by atoms with E-state index >= 15 is 0 Å². The van der Waals surface area contributed by atoms with Gasteiger partial charge in [0.1, 0.15) is 11.5 Å². The molecule has 0 radical (unpaired) electrons. The van der Waals surface area contributed by atoms with Crippen molar-refractivity contribution in [1.29, 1.82) is 0 Å². The lowest BCUT2D eigenvalue weighted by molar-refractivity contribution is 0.101. The zero-order valence-electron chi connectivity index (χ0n) is 11.3. The molecule has 0 aromatic heterocycles. The predicted octanol–water partition coefficient (Wildman–Crippen LogP) is 2.80. The monoisotopic (exact) mass is 271 g/mol. The van der Waals surface area contributed by atoms with Crippen LogP contribution in [-0.2, 0) is 6.42 Å². The van der Waals surface area contributed by atoms with Gasteiger partial charge in [-0.3, -0.25) is 4.79 Å². The van der Waals surface area contributed by atoms with Gasteiger partial charge >= 0.3 is 0 Å². The minimum atomic E-state index is -0.0914. The van der Waals surface area contributed by atoms with Crippen molar-refractivity contribution >= 4 is 11.5 Å². The molecule has 2 rings (SSSR count). The number of benzene rings is 2. The number of aliphatic hydroxyl groups excluding tert-OH is 1. The van der Waals surface area contributed by atoms with Crippen LogP contribution in [0.5, 0.6) is 11.5 Å². The predicted molar refractivity (Wildman–Crippen MR) is 78.2 cm³/mol. The lowest BCUT2D eigenvalue weighted by Gasteiger charge is -2.09. The summed E-state index contributed by atoms with van der Waals surface area (Å²) in [7, 11) is 0. The van der Waals surface area contributed by atoms with E-state index in [0.717, 1.165) is 5.56 Å². The first-order valence-corrected chi connectivity index (χ1v) is 6.38. The van der Waals surface area contributed by atoms with Gasteiger partial charge in [-0.25, -0.2) is 0 Å². The number of rotatable bonds is 5. The van der Waals surface area contributed by atoms with Crippen molar-refractivity contribution in [3.8, 4) is 11.5 Å². The summed E-state index contributed by atoms with van der Waals surface area (Å²) < 4.78 is 5.69. The second-order valence-electron chi connectivity index (χ2n) is 4.52. The van der Waals surface area contributed by atoms with Crippen molar-refractivity contribution in [3.05, 3.63) is 53.6 Å². The number of ketones is 1. The standard InChI is InChI=1S/C16H17NO3/c1-11(19)15-10-14(6-7-16(15)17)20-13-4-2-12(3-5-13)8-9-18/h2-7,10,18H,8-9,17H2,1H3. The van der Waals surface area contributed by atoms with Crippen LogP contribution in [0.1, 0.15) is 22.8 Å². The van der Waals surface area contributed by atoms with Crippen LogP contribution in [-0.4, -0.2) is 17.5 Å². The van der Waals surface area contributed by atoms with Gasteiger partial charge in [0.15, 0.2) is 5.78 Å². The maximum absolute atomic E-state index is 11.4. The van der Waals surface area contributed by atoms with Gasteiger partial charge in [-0.1, -0.05) is 12.1 Å². The average Bonchev–Trinajstić information content (AvgIpc) is 2.43. The first kappa shape index (κ1) is 14.1. The Labute approximate surface area is 117 Å². The van der Waals surface area contributed by atoms with Crippen LogP contribution in [0.4, 0.5) is 5.69 Å². The quantitative estimate of drug-likeness (QED) is 0.648. The second kappa shape index (κ2) is 6.21. The summed E-state index contributed by atoms with van der Waals surface area (Å²) in [5.74, 6) is 1.15. The summed E-state index contributed by atoms with van der Waals surface area (Å²) in [5.41, 5.74) is 7.69. The van der Waals surface area contributed by atoms with Gasteiger partial charge in [0.2, 0.25) is 0 Å². The van der Waals surface area contributed by atoms with Gasteiger partial charge in [-0.15, -0.1) is 0 Å². The highest BCUT2D eigenvalue weighted by atomic mass is 16.5. The fraction of sp³-hybridized carbons (Fsp3) is 0.188. The van der Waals surface area contributed by atoms with Gasteiger partial charge in [0.05, 0.1) is 0 Å². The molecular formula is C16H17NO3. The number of anilines is 1. The molecule has 0 unspecified atom stereocenters. The molecule has 3 N–H and O–H groups in total. The third kappa shape index (κ3) is 3.36. The van der Waals surface area contributed by atoms with Gasteiger partial charge in [-0.2, -0.15) is 0 Å². The molecule has 0 aliphatic rings. The molecule has 2 aromatic rings. The number of aliphatic hydroxyl groups is 1. The average molecular weight is 271 g/mol. The van der Waals surface area contributed by atoms with Crippen LogP contribution in [0.2, 0.25) is 0 Å². The van der Waals surface area contributed by atoms with Crippen molar-refractivity contribution in [2.24, 2.45) is 0 Å². The Morgan fingerprint density at radius 1 is 1.15 bits per heavy atom. The molecule has 0 heterocycles. The highest BCUT2D eigenvalue weighted by Crippen LogP contribution is 2.25. The largest absolute Gasteiger partial charge is 0.457 e. The number of carbonyl (C=O) groups excluding carboxylic acids is 1. The fourth-order valence-electron chi connectivity index (χ4n) is 1.89. The molecule has 4 nitrogen and oxygen atoms in total. The van der Waals surface area contributed by atoms with E-state index in [1.165, 1.54) is 6.92 Å². The summed E-state index contributed by atoms with van der Waals surface area (Å²) >= 11 is 0. The molecule has 104 valence electrons. The number of Topliss-reactive ketones (excluding diaryl/α,β-unsaturated/α-hetero) is 1. The summed E-state index contributed by atoms with van der Waals surface area (Å²) in [6.45, 7) is 1.60. The molecule has 0 saturated carbocycles. The molecule has 0 aliphatic carbocycles. The number of hydrogen-bond donors (Lipinski definition) is 2. The smallest absolute Gasteiger partial charge is 0.162 e. The molecule has 0 spiro atoms. The normalized spacial score (nSPS) is 10.3. The Morgan fingerprint density at radius 3 is 2.40 bits per heavy atom. The fourth-order valence-corrected chi connectivity index (χ4v) is 1.89. The van der Waals surface area contributed by atoms with Crippen LogP contribution >= 0.6 is 0 Å². The van der Waals surface area contributed by atoms with Crippen molar-refractivity contribution < 1.29 is 14.6 Å². The highest BCUT2D eigenvalue weighted by molar-refractivity contribution is 5.99. The SMILES string of the molecule is CC(=O)c1cc(Oc2ccc(CCO)cc2)ccc1N. The molecule has 2 aromatic carbocycles. The molecule has 0 aliphatic heterocycles. The molecule has 0 fully saturated rings. The molecule has 20 heavy (non-hydrogen) atoms. The van der Waals surface area contributed by atoms with E-state index in [9.17, 15) is 4.79 Å². The first-order chi connectivity index (χ1) is 9.60. The Balaban J connectivity index is 2.17. The van der Waals surface area contributed by atoms with Crippen LogP contribution in [0, 0.1) is 0 Å². The van der Waals surface area contributed by atoms with Crippen LogP contribution in [0.3, 0.4) is 0 Å². The number of ether oxygens (including phenoxy) is 1. The van der Waals surface area contributed by atoms with Gasteiger partial charge < -0.3 is 15.6 Å². The zero-order chi connectivity index (χ0) is 14.5. The minimum absolute atomic E-state index is 0.0914. The second-order valence-corrected chi connectivity index (χ2v) is 4.52. The Hall–Kier alpha value is -2.33. The molecule has 0 amide bonds. The topological polar surface area (TPSA) is 72.5 Å². The third-order valence-electron chi connectivity index (χ3n) is 2.96. The van der Waals surface area contributed by atoms with Gasteiger partial charge in [-0.05, 0) is 49.2 Å². The molecule has 4 heteroatoms. The lowest BCUT2D eigenvalue weighted by atomic mass is 10.1.